The number of imide groups is 1. The van der Waals surface area contributed by atoms with Gasteiger partial charge in [-0.3, -0.25) is 14.9 Å². The molecule has 0 aliphatic carbocycles. The van der Waals surface area contributed by atoms with Crippen LogP contribution in [0.4, 0.5) is 0 Å². The van der Waals surface area contributed by atoms with Gasteiger partial charge in [-0.05, 0) is 27.5 Å². The molecular formula is C27H29NO3Si. The predicted molar refractivity (Wildman–Crippen MR) is 132 cm³/mol. The highest BCUT2D eigenvalue weighted by atomic mass is 28.4. The summed E-state index contributed by atoms with van der Waals surface area (Å²) in [5, 5.41) is 4.59. The number of hydrogen-bond donors (Lipinski definition) is 1. The van der Waals surface area contributed by atoms with Gasteiger partial charge in [0, 0.05) is 11.6 Å². The van der Waals surface area contributed by atoms with Crippen LogP contribution in [0.1, 0.15) is 31.1 Å². The molecule has 0 aromatic heterocycles. The molecule has 4 nitrogen and oxygen atoms in total. The Hall–Kier alpha value is -3.28. The Kier molecular flexibility index (Phi) is 7.56. The van der Waals surface area contributed by atoms with E-state index in [-0.39, 0.29) is 11.6 Å². The first kappa shape index (κ1) is 23.4. The molecule has 0 bridgehead atoms. The highest BCUT2D eigenvalue weighted by Gasteiger charge is 2.49. The van der Waals surface area contributed by atoms with Crippen LogP contribution in [0.2, 0.25) is 5.04 Å². The molecule has 0 aliphatic rings. The molecule has 0 unspecified atom stereocenters. The van der Waals surface area contributed by atoms with Crippen LogP contribution in [0.3, 0.4) is 0 Å². The summed E-state index contributed by atoms with van der Waals surface area (Å²) >= 11 is 0. The first-order valence-electron chi connectivity index (χ1n) is 10.7. The zero-order valence-corrected chi connectivity index (χ0v) is 19.7. The molecule has 0 fully saturated rings. The van der Waals surface area contributed by atoms with E-state index < -0.39 is 20.1 Å². The summed E-state index contributed by atoms with van der Waals surface area (Å²) < 4.78 is 6.69. The lowest BCUT2D eigenvalue weighted by Gasteiger charge is -2.42. The average Bonchev–Trinajstić information content (AvgIpc) is 2.80. The maximum atomic E-state index is 12.2. The van der Waals surface area contributed by atoms with Gasteiger partial charge in [-0.15, -0.1) is 0 Å². The van der Waals surface area contributed by atoms with Crippen molar-refractivity contribution in [2.75, 3.05) is 6.61 Å². The fraction of sp³-hybridized carbons (Fsp3) is 0.185. The second-order valence-electron chi connectivity index (χ2n) is 8.56. The molecule has 1 N–H and O–H groups in total. The molecule has 0 aliphatic heterocycles. The van der Waals surface area contributed by atoms with Crippen molar-refractivity contribution in [1.82, 2.24) is 5.32 Å². The van der Waals surface area contributed by atoms with Gasteiger partial charge in [0.1, 0.15) is 0 Å². The van der Waals surface area contributed by atoms with Crippen molar-refractivity contribution >= 4 is 30.5 Å². The molecular weight excluding hydrogens is 414 g/mol. The Balaban J connectivity index is 1.79. The van der Waals surface area contributed by atoms with E-state index in [1.807, 2.05) is 42.5 Å². The summed E-state index contributed by atoms with van der Waals surface area (Å²) in [6, 6.07) is 29.3. The first-order valence-corrected chi connectivity index (χ1v) is 12.6. The van der Waals surface area contributed by atoms with Gasteiger partial charge in [-0.2, -0.15) is 0 Å². The van der Waals surface area contributed by atoms with Crippen molar-refractivity contribution in [3.63, 3.8) is 0 Å². The van der Waals surface area contributed by atoms with E-state index in [0.29, 0.717) is 5.56 Å². The molecule has 5 heteroatoms. The molecule has 3 rings (SSSR count). The van der Waals surface area contributed by atoms with Crippen LogP contribution in [-0.2, 0) is 9.22 Å². The van der Waals surface area contributed by atoms with E-state index in [9.17, 15) is 9.59 Å². The highest BCUT2D eigenvalue weighted by molar-refractivity contribution is 6.99. The standard InChI is InChI=1S/C27H29NO3Si/c1-27(2,3)32(23-16-9-5-10-17-23,24-18-11-6-12-19-24)31-21-13-20-25(29)28-26(30)22-14-7-4-8-15-22/h4-20H,21H2,1-3H3,(H,28,29,30)/b20-13+. The van der Waals surface area contributed by atoms with Gasteiger partial charge < -0.3 is 4.43 Å². The van der Waals surface area contributed by atoms with Gasteiger partial charge in [0.2, 0.25) is 0 Å². The van der Waals surface area contributed by atoms with Crippen LogP contribution in [0.15, 0.2) is 103 Å². The summed E-state index contributed by atoms with van der Waals surface area (Å²) in [5.74, 6) is -0.891. The van der Waals surface area contributed by atoms with Crippen molar-refractivity contribution in [2.24, 2.45) is 0 Å². The Labute approximate surface area is 191 Å². The Bertz CT molecular complexity index is 1020. The van der Waals surface area contributed by atoms with Crippen molar-refractivity contribution in [3.8, 4) is 0 Å². The van der Waals surface area contributed by atoms with E-state index in [0.717, 1.165) is 0 Å². The Morgan fingerprint density at radius 1 is 0.812 bits per heavy atom. The largest absolute Gasteiger partial charge is 0.404 e. The minimum absolute atomic E-state index is 0.144. The first-order chi connectivity index (χ1) is 15.3. The van der Waals surface area contributed by atoms with Gasteiger partial charge in [0.25, 0.3) is 20.1 Å². The topological polar surface area (TPSA) is 55.4 Å². The molecule has 0 saturated carbocycles. The third-order valence-electron chi connectivity index (χ3n) is 5.35. The summed E-state index contributed by atoms with van der Waals surface area (Å²) in [6.07, 6.45) is 3.03. The molecule has 0 radical (unpaired) electrons. The zero-order valence-electron chi connectivity index (χ0n) is 18.7. The normalized spacial score (nSPS) is 12.0. The molecule has 164 valence electrons. The number of hydrogen-bond acceptors (Lipinski definition) is 3. The molecule has 0 saturated heterocycles. The lowest BCUT2D eigenvalue weighted by Crippen LogP contribution is -2.66. The molecule has 0 heterocycles. The third kappa shape index (κ3) is 5.30. The lowest BCUT2D eigenvalue weighted by atomic mass is 10.2. The maximum Gasteiger partial charge on any atom is 0.261 e. The van der Waals surface area contributed by atoms with Gasteiger partial charge in [0.15, 0.2) is 0 Å². The molecule has 32 heavy (non-hydrogen) atoms. The minimum atomic E-state index is -2.66. The van der Waals surface area contributed by atoms with Crippen LogP contribution in [0, 0.1) is 0 Å². The average molecular weight is 444 g/mol. The van der Waals surface area contributed by atoms with Gasteiger partial charge in [-0.25, -0.2) is 0 Å². The number of rotatable bonds is 7. The number of amides is 2. The number of carbonyl (C=O) groups is 2. The SMILES string of the molecule is CC(C)(C)[Si](OC/C=C/C(=O)NC(=O)c1ccccc1)(c1ccccc1)c1ccccc1. The van der Waals surface area contributed by atoms with Gasteiger partial charge in [0.05, 0.1) is 6.61 Å². The molecule has 0 spiro atoms. The molecule has 3 aromatic rings. The molecule has 2 amide bonds. The number of nitrogens with one attached hydrogen (secondary N) is 1. The van der Waals surface area contributed by atoms with Crippen LogP contribution >= 0.6 is 0 Å². The van der Waals surface area contributed by atoms with E-state index in [1.165, 1.54) is 16.4 Å². The van der Waals surface area contributed by atoms with Crippen molar-refractivity contribution in [3.05, 3.63) is 109 Å². The maximum absolute atomic E-state index is 12.2. The summed E-state index contributed by atoms with van der Waals surface area (Å²) in [4.78, 5) is 24.4. The zero-order chi connectivity index (χ0) is 23.0. The van der Waals surface area contributed by atoms with Crippen molar-refractivity contribution in [2.45, 2.75) is 25.8 Å². The van der Waals surface area contributed by atoms with Crippen LogP contribution < -0.4 is 15.7 Å². The quantitative estimate of drug-likeness (QED) is 0.442. The monoisotopic (exact) mass is 443 g/mol. The fourth-order valence-electron chi connectivity index (χ4n) is 3.91. The van der Waals surface area contributed by atoms with E-state index in [1.54, 1.807) is 30.3 Å². The predicted octanol–water partition coefficient (Wildman–Crippen LogP) is 4.08. The third-order valence-corrected chi connectivity index (χ3v) is 10.4. The Morgan fingerprint density at radius 2 is 1.28 bits per heavy atom. The fourth-order valence-corrected chi connectivity index (χ4v) is 8.41. The highest BCUT2D eigenvalue weighted by Crippen LogP contribution is 2.36. The molecule has 3 aromatic carbocycles. The van der Waals surface area contributed by atoms with Crippen molar-refractivity contribution in [1.29, 1.82) is 0 Å². The second-order valence-corrected chi connectivity index (χ2v) is 12.9. The second kappa shape index (κ2) is 10.4. The van der Waals surface area contributed by atoms with E-state index in [4.69, 9.17) is 4.43 Å². The van der Waals surface area contributed by atoms with Crippen LogP contribution in [-0.4, -0.2) is 26.7 Å². The van der Waals surface area contributed by atoms with E-state index >= 15 is 0 Å². The van der Waals surface area contributed by atoms with Crippen molar-refractivity contribution < 1.29 is 14.0 Å². The van der Waals surface area contributed by atoms with E-state index in [2.05, 4.69) is 50.4 Å². The summed E-state index contributed by atoms with van der Waals surface area (Å²) in [5.41, 5.74) is 0.442. The number of carbonyl (C=O) groups excluding carboxylic acids is 2. The van der Waals surface area contributed by atoms with Gasteiger partial charge in [-0.1, -0.05) is 106 Å². The minimum Gasteiger partial charge on any atom is -0.404 e. The van der Waals surface area contributed by atoms with Gasteiger partial charge >= 0.3 is 0 Å². The number of benzene rings is 3. The smallest absolute Gasteiger partial charge is 0.261 e. The summed E-state index contributed by atoms with van der Waals surface area (Å²) in [7, 11) is -2.66. The van der Waals surface area contributed by atoms with Crippen LogP contribution in [0.25, 0.3) is 0 Å². The molecule has 0 atom stereocenters. The summed E-state index contributed by atoms with van der Waals surface area (Å²) in [6.45, 7) is 6.87. The van der Waals surface area contributed by atoms with Crippen LogP contribution in [0.5, 0.6) is 0 Å². The Morgan fingerprint density at radius 3 is 1.75 bits per heavy atom. The lowest BCUT2D eigenvalue weighted by molar-refractivity contribution is -0.115.